The average molecular weight is 489 g/mol. The molecule has 2 atom stereocenters. The van der Waals surface area contributed by atoms with E-state index in [9.17, 15) is 9.59 Å². The monoisotopic (exact) mass is 488 g/mol. The molecule has 0 saturated carbocycles. The number of morpholine rings is 1. The number of benzene rings is 1. The fraction of sp³-hybridized carbons (Fsp3) is 0.500. The van der Waals surface area contributed by atoms with Crippen LogP contribution < -0.4 is 5.32 Å². The van der Waals surface area contributed by atoms with Crippen LogP contribution in [-0.4, -0.2) is 59.0 Å². The van der Waals surface area contributed by atoms with Crippen LogP contribution in [0.1, 0.15) is 62.0 Å². The minimum absolute atomic E-state index is 0.0140. The molecule has 0 aliphatic carbocycles. The molecule has 2 aliphatic heterocycles. The topological polar surface area (TPSA) is 76.5 Å². The summed E-state index contributed by atoms with van der Waals surface area (Å²) in [5.74, 6) is 0.797. The quantitative estimate of drug-likeness (QED) is 0.382. The number of ketones is 1. The highest BCUT2D eigenvalue weighted by Gasteiger charge is 2.25. The summed E-state index contributed by atoms with van der Waals surface area (Å²) in [7, 11) is 0. The molecule has 1 amide bonds. The second-order valence-corrected chi connectivity index (χ2v) is 8.78. The summed E-state index contributed by atoms with van der Waals surface area (Å²) in [6.07, 6.45) is 8.82. The van der Waals surface area contributed by atoms with Crippen molar-refractivity contribution < 1.29 is 14.3 Å². The molecule has 186 valence electrons. The fourth-order valence-electron chi connectivity index (χ4n) is 3.93. The Balaban J connectivity index is 0.000000189. The summed E-state index contributed by atoms with van der Waals surface area (Å²) in [4.78, 5) is 27.8. The number of rotatable bonds is 5. The van der Waals surface area contributed by atoms with E-state index in [1.54, 1.807) is 11.1 Å². The van der Waals surface area contributed by atoms with Gasteiger partial charge in [-0.1, -0.05) is 55.3 Å². The third-order valence-corrected chi connectivity index (χ3v) is 5.89. The number of allylic oxidation sites excluding steroid dienone is 1. The first-order valence-electron chi connectivity index (χ1n) is 11.8. The van der Waals surface area contributed by atoms with Gasteiger partial charge in [0.2, 0.25) is 6.41 Å². The van der Waals surface area contributed by atoms with E-state index < -0.39 is 0 Å². The largest absolute Gasteiger partial charge is 0.378 e. The van der Waals surface area contributed by atoms with Crippen LogP contribution in [0.15, 0.2) is 42.6 Å². The van der Waals surface area contributed by atoms with Gasteiger partial charge in [-0.25, -0.2) is 4.98 Å². The molecule has 3 heterocycles. The molecule has 0 radical (unpaired) electrons. The Morgan fingerprint density at radius 3 is 2.71 bits per heavy atom. The van der Waals surface area contributed by atoms with Crippen LogP contribution >= 0.6 is 11.6 Å². The standard InChI is InChI=1S/C10H13N3O2.C9H11Cl.C7H13NO/c1-7-4-12(6-14)5-10-11-3-9(8(2)15)13(7)10;1-2-5-8-6-3-4-7-9(8)10;1-2-3-7-6-9-5-4-8-7/h3,6-7H,4-5H2,1-2H3;3-4,6-7H,2,5H2,1H3;2-3,7-8H,4-6H2,1H3/b;;3-2+. The molecule has 34 heavy (non-hydrogen) atoms. The molecule has 1 saturated heterocycles. The first-order chi connectivity index (χ1) is 16.4. The van der Waals surface area contributed by atoms with Gasteiger partial charge in [-0.15, -0.1) is 0 Å². The normalized spacial score (nSPS) is 19.4. The van der Waals surface area contributed by atoms with Crippen molar-refractivity contribution in [2.75, 3.05) is 26.3 Å². The van der Waals surface area contributed by atoms with Gasteiger partial charge in [0.25, 0.3) is 0 Å². The molecule has 0 spiro atoms. The number of nitrogens with one attached hydrogen (secondary N) is 1. The SMILES string of the molecule is C/C=C/C1COCCN1.CC(=O)c1cnc2n1C(C)CN(C=O)C2.CCCc1ccccc1Cl. The summed E-state index contributed by atoms with van der Waals surface area (Å²) in [6, 6.07) is 8.56. The number of amides is 1. The first-order valence-corrected chi connectivity index (χ1v) is 12.2. The molecule has 1 aromatic heterocycles. The molecule has 1 N–H and O–H groups in total. The van der Waals surface area contributed by atoms with Crippen LogP contribution in [0.25, 0.3) is 0 Å². The zero-order chi connectivity index (χ0) is 24.9. The maximum absolute atomic E-state index is 11.3. The lowest BCUT2D eigenvalue weighted by Gasteiger charge is -2.30. The highest BCUT2D eigenvalue weighted by molar-refractivity contribution is 6.31. The molecular weight excluding hydrogens is 452 g/mol. The van der Waals surface area contributed by atoms with E-state index in [2.05, 4.69) is 29.4 Å². The highest BCUT2D eigenvalue weighted by atomic mass is 35.5. The maximum atomic E-state index is 11.3. The number of aromatic nitrogens is 2. The number of imidazole rings is 1. The minimum atomic E-state index is 0.0140. The molecule has 8 heteroatoms. The van der Waals surface area contributed by atoms with Crippen LogP contribution in [0.3, 0.4) is 0 Å². The number of Topliss-reactive ketones (excluding diaryl/α,β-unsaturated/α-hetero) is 1. The maximum Gasteiger partial charge on any atom is 0.210 e. The van der Waals surface area contributed by atoms with Crippen LogP contribution in [0.4, 0.5) is 0 Å². The number of hydrogen-bond acceptors (Lipinski definition) is 5. The Hall–Kier alpha value is -2.48. The summed E-state index contributed by atoms with van der Waals surface area (Å²) in [5.41, 5.74) is 1.88. The van der Waals surface area contributed by atoms with Gasteiger partial charge in [0, 0.05) is 31.1 Å². The van der Waals surface area contributed by atoms with Gasteiger partial charge in [-0.05, 0) is 31.9 Å². The van der Waals surface area contributed by atoms with E-state index >= 15 is 0 Å². The lowest BCUT2D eigenvalue weighted by molar-refractivity contribution is -0.119. The zero-order valence-corrected chi connectivity index (χ0v) is 21.4. The molecular formula is C26H37ClN4O3. The van der Waals surface area contributed by atoms with Gasteiger partial charge in [0.05, 0.1) is 32.0 Å². The molecule has 1 aromatic carbocycles. The van der Waals surface area contributed by atoms with Gasteiger partial charge < -0.3 is 19.5 Å². The number of carbonyl (C=O) groups excluding carboxylic acids is 2. The lowest BCUT2D eigenvalue weighted by atomic mass is 10.1. The van der Waals surface area contributed by atoms with Crippen LogP contribution in [0.5, 0.6) is 0 Å². The number of ether oxygens (including phenoxy) is 1. The van der Waals surface area contributed by atoms with E-state index in [0.29, 0.717) is 24.8 Å². The van der Waals surface area contributed by atoms with E-state index in [4.69, 9.17) is 16.3 Å². The Morgan fingerprint density at radius 2 is 2.12 bits per heavy atom. The highest BCUT2D eigenvalue weighted by Crippen LogP contribution is 2.21. The Kier molecular flexibility index (Phi) is 12.0. The number of nitrogens with zero attached hydrogens (tertiary/aromatic N) is 3. The van der Waals surface area contributed by atoms with Crippen molar-refractivity contribution in [3.05, 3.63) is 64.7 Å². The van der Waals surface area contributed by atoms with Crippen molar-refractivity contribution in [1.82, 2.24) is 19.8 Å². The van der Waals surface area contributed by atoms with Gasteiger partial charge in [0.1, 0.15) is 11.5 Å². The van der Waals surface area contributed by atoms with Crippen molar-refractivity contribution in [1.29, 1.82) is 0 Å². The van der Waals surface area contributed by atoms with Gasteiger partial charge in [-0.3, -0.25) is 9.59 Å². The first kappa shape index (κ1) is 27.8. The third kappa shape index (κ3) is 8.38. The van der Waals surface area contributed by atoms with Crippen molar-refractivity contribution >= 4 is 23.8 Å². The molecule has 2 aromatic rings. The molecule has 2 unspecified atom stereocenters. The summed E-state index contributed by atoms with van der Waals surface area (Å²) < 4.78 is 7.14. The lowest BCUT2D eigenvalue weighted by Crippen LogP contribution is -2.39. The van der Waals surface area contributed by atoms with Crippen LogP contribution in [0.2, 0.25) is 5.02 Å². The van der Waals surface area contributed by atoms with Crippen molar-refractivity contribution in [3.8, 4) is 0 Å². The number of aryl methyl sites for hydroxylation is 1. The third-order valence-electron chi connectivity index (χ3n) is 5.52. The van der Waals surface area contributed by atoms with E-state index in [0.717, 1.165) is 49.9 Å². The van der Waals surface area contributed by atoms with Crippen molar-refractivity contribution in [2.45, 2.75) is 59.2 Å². The van der Waals surface area contributed by atoms with Crippen molar-refractivity contribution in [3.63, 3.8) is 0 Å². The molecule has 1 fully saturated rings. The van der Waals surface area contributed by atoms with Gasteiger partial charge >= 0.3 is 0 Å². The molecule has 0 bridgehead atoms. The Bertz CT molecular complexity index is 938. The number of halogens is 1. The van der Waals surface area contributed by atoms with Crippen LogP contribution in [0, 0.1) is 0 Å². The van der Waals surface area contributed by atoms with E-state index in [1.165, 1.54) is 12.5 Å². The molecule has 7 nitrogen and oxygen atoms in total. The van der Waals surface area contributed by atoms with E-state index in [1.807, 2.05) is 42.7 Å². The van der Waals surface area contributed by atoms with Crippen molar-refractivity contribution in [2.24, 2.45) is 0 Å². The molecule has 2 aliphatic rings. The summed E-state index contributed by atoms with van der Waals surface area (Å²) in [6.45, 7) is 11.5. The second-order valence-electron chi connectivity index (χ2n) is 8.37. The van der Waals surface area contributed by atoms with Crippen LogP contribution in [-0.2, 0) is 22.5 Å². The number of hydrogen-bond donors (Lipinski definition) is 1. The Labute approximate surface area is 208 Å². The summed E-state index contributed by atoms with van der Waals surface area (Å²) in [5, 5.41) is 4.20. The van der Waals surface area contributed by atoms with Gasteiger partial charge in [-0.2, -0.15) is 0 Å². The zero-order valence-electron chi connectivity index (χ0n) is 20.7. The fourth-order valence-corrected chi connectivity index (χ4v) is 4.16. The Morgan fingerprint density at radius 1 is 1.35 bits per heavy atom. The smallest absolute Gasteiger partial charge is 0.210 e. The predicted octanol–water partition coefficient (Wildman–Crippen LogP) is 4.46. The predicted molar refractivity (Wildman–Crippen MR) is 136 cm³/mol. The van der Waals surface area contributed by atoms with E-state index in [-0.39, 0.29) is 11.8 Å². The second kappa shape index (κ2) is 14.7. The average Bonchev–Trinajstić information content (AvgIpc) is 3.28. The molecule has 4 rings (SSSR count). The number of carbonyl (C=O) groups is 2. The minimum Gasteiger partial charge on any atom is -0.378 e. The summed E-state index contributed by atoms with van der Waals surface area (Å²) >= 11 is 5.90. The van der Waals surface area contributed by atoms with Gasteiger partial charge in [0.15, 0.2) is 5.78 Å². The number of fused-ring (bicyclic) bond motifs is 1.